The molecule has 80 valence electrons. The fourth-order valence-electron chi connectivity index (χ4n) is 0.910. The number of nitrogens with zero attached hydrogens (tertiary/aromatic N) is 1. The van der Waals surface area contributed by atoms with Crippen LogP contribution in [-0.2, 0) is 4.79 Å². The average molecular weight is 239 g/mol. The summed E-state index contributed by atoms with van der Waals surface area (Å²) in [6, 6.07) is 0. The van der Waals surface area contributed by atoms with Gasteiger partial charge in [0.2, 0.25) is 0 Å². The molecule has 0 atom stereocenters. The molecule has 0 aliphatic rings. The summed E-state index contributed by atoms with van der Waals surface area (Å²) in [5, 5.41) is 1.02. The Bertz CT molecular complexity index is 392. The van der Waals surface area contributed by atoms with Gasteiger partial charge in [0.15, 0.2) is 10.1 Å². The van der Waals surface area contributed by atoms with Crippen LogP contribution in [0.1, 0.15) is 28.9 Å². The molecule has 0 aliphatic heterocycles. The van der Waals surface area contributed by atoms with Gasteiger partial charge in [-0.15, -0.1) is 11.3 Å². The van der Waals surface area contributed by atoms with E-state index in [9.17, 15) is 4.79 Å². The van der Waals surface area contributed by atoms with Crippen molar-refractivity contribution < 1.29 is 4.79 Å². The minimum Gasteiger partial charge on any atom is -0.288 e. The van der Waals surface area contributed by atoms with Crippen LogP contribution in [0.4, 0.5) is 0 Å². The van der Waals surface area contributed by atoms with E-state index in [2.05, 4.69) is 16.8 Å². The van der Waals surface area contributed by atoms with Crippen LogP contribution in [0, 0.1) is 25.7 Å². The van der Waals surface area contributed by atoms with Crippen LogP contribution in [0.5, 0.6) is 0 Å². The predicted molar refractivity (Wildman–Crippen MR) is 66.2 cm³/mol. The molecule has 0 saturated heterocycles. The molecular formula is C11H13NOS2. The molecule has 1 aromatic heterocycles. The first kappa shape index (κ1) is 12.3. The number of hydrogen-bond donors (Lipinski definition) is 0. The highest BCUT2D eigenvalue weighted by molar-refractivity contribution is 8.13. The highest BCUT2D eigenvalue weighted by Crippen LogP contribution is 2.15. The summed E-state index contributed by atoms with van der Waals surface area (Å²) < 4.78 is 0. The van der Waals surface area contributed by atoms with Crippen LogP contribution in [0.25, 0.3) is 0 Å². The summed E-state index contributed by atoms with van der Waals surface area (Å²) in [6.07, 6.45) is 0.738. The van der Waals surface area contributed by atoms with E-state index in [0.717, 1.165) is 22.9 Å². The van der Waals surface area contributed by atoms with E-state index in [0.29, 0.717) is 0 Å². The quantitative estimate of drug-likeness (QED) is 0.587. The molecule has 0 spiro atoms. The molecular weight excluding hydrogens is 226 g/mol. The second-order valence-electron chi connectivity index (χ2n) is 3.05. The number of carbonyl (C=O) groups is 1. The molecule has 1 rings (SSSR count). The van der Waals surface area contributed by atoms with Gasteiger partial charge < -0.3 is 0 Å². The monoisotopic (exact) mass is 239 g/mol. The fourth-order valence-corrected chi connectivity index (χ4v) is 2.19. The Morgan fingerprint density at radius 3 is 2.80 bits per heavy atom. The zero-order valence-electron chi connectivity index (χ0n) is 9.09. The molecule has 0 fully saturated rings. The van der Waals surface area contributed by atoms with Crippen molar-refractivity contribution in [3.05, 3.63) is 15.6 Å². The molecule has 0 radical (unpaired) electrons. The molecule has 0 N–H and O–H groups in total. The molecule has 1 heterocycles. The topological polar surface area (TPSA) is 30.0 Å². The molecule has 0 amide bonds. The fraction of sp³-hybridized carbons (Fsp3) is 0.455. The molecule has 0 aliphatic carbocycles. The van der Waals surface area contributed by atoms with Crippen molar-refractivity contribution in [1.29, 1.82) is 0 Å². The lowest BCUT2D eigenvalue weighted by molar-refractivity contribution is -0.109. The molecule has 1 aromatic rings. The maximum Gasteiger partial charge on any atom is 0.185 e. The van der Waals surface area contributed by atoms with Crippen molar-refractivity contribution in [3.63, 3.8) is 0 Å². The Labute approximate surface area is 98.5 Å². The van der Waals surface area contributed by atoms with Gasteiger partial charge in [-0.05, 0) is 19.8 Å². The van der Waals surface area contributed by atoms with Gasteiger partial charge in [0.25, 0.3) is 0 Å². The first-order valence-electron chi connectivity index (χ1n) is 4.66. The first-order chi connectivity index (χ1) is 7.09. The highest BCUT2D eigenvalue weighted by atomic mass is 32.2. The Morgan fingerprint density at radius 2 is 2.27 bits per heavy atom. The van der Waals surface area contributed by atoms with Gasteiger partial charge in [-0.3, -0.25) is 4.79 Å². The van der Waals surface area contributed by atoms with Gasteiger partial charge in [0.1, 0.15) is 0 Å². The molecule has 0 unspecified atom stereocenters. The lowest BCUT2D eigenvalue weighted by Crippen LogP contribution is -1.84. The smallest absolute Gasteiger partial charge is 0.185 e. The maximum atomic E-state index is 10.6. The van der Waals surface area contributed by atoms with Crippen LogP contribution in [0.2, 0.25) is 0 Å². The van der Waals surface area contributed by atoms with Gasteiger partial charge in [0.05, 0.1) is 5.69 Å². The number of carbonyl (C=O) groups excluding carboxylic acids is 1. The summed E-state index contributed by atoms with van der Waals surface area (Å²) in [5.41, 5.74) is 1.06. The maximum absolute atomic E-state index is 10.6. The lowest BCUT2D eigenvalue weighted by Gasteiger charge is -1.87. The van der Waals surface area contributed by atoms with E-state index in [4.69, 9.17) is 0 Å². The number of thiazole rings is 1. The number of rotatable bonds is 2. The lowest BCUT2D eigenvalue weighted by atomic mass is 10.4. The number of aromatic nitrogens is 1. The number of hydrogen-bond acceptors (Lipinski definition) is 4. The Kier molecular flexibility index (Phi) is 4.86. The van der Waals surface area contributed by atoms with Gasteiger partial charge in [-0.2, -0.15) is 0 Å². The van der Waals surface area contributed by atoms with Crippen LogP contribution in [0.15, 0.2) is 0 Å². The van der Waals surface area contributed by atoms with Gasteiger partial charge >= 0.3 is 0 Å². The van der Waals surface area contributed by atoms with Crippen LogP contribution < -0.4 is 0 Å². The molecule has 0 aromatic carbocycles. The minimum atomic E-state index is 0.151. The summed E-state index contributed by atoms with van der Waals surface area (Å²) in [5.74, 6) is 6.80. The number of thioether (sulfide) groups is 1. The van der Waals surface area contributed by atoms with Gasteiger partial charge in [-0.1, -0.05) is 17.7 Å². The third-order valence-electron chi connectivity index (χ3n) is 1.76. The van der Waals surface area contributed by atoms with Crippen LogP contribution in [0.3, 0.4) is 0 Å². The van der Waals surface area contributed by atoms with Crippen molar-refractivity contribution in [2.45, 2.75) is 27.2 Å². The third-order valence-corrected chi connectivity index (χ3v) is 3.56. The highest BCUT2D eigenvalue weighted by Gasteiger charge is 1.99. The van der Waals surface area contributed by atoms with E-state index < -0.39 is 0 Å². The second kappa shape index (κ2) is 5.94. The van der Waals surface area contributed by atoms with E-state index in [1.165, 1.54) is 16.6 Å². The normalized spacial score (nSPS) is 9.53. The van der Waals surface area contributed by atoms with Crippen LogP contribution >= 0.6 is 23.1 Å². The van der Waals surface area contributed by atoms with Gasteiger partial charge in [0, 0.05) is 24.0 Å². The van der Waals surface area contributed by atoms with Gasteiger partial charge in [-0.25, -0.2) is 4.98 Å². The van der Waals surface area contributed by atoms with Crippen molar-refractivity contribution in [1.82, 2.24) is 4.98 Å². The summed E-state index contributed by atoms with van der Waals surface area (Å²) in [7, 11) is 0. The molecule has 0 bridgehead atoms. The summed E-state index contributed by atoms with van der Waals surface area (Å²) >= 11 is 2.94. The first-order valence-corrected chi connectivity index (χ1v) is 6.46. The summed E-state index contributed by atoms with van der Waals surface area (Å²) in [4.78, 5) is 16.2. The summed E-state index contributed by atoms with van der Waals surface area (Å²) in [6.45, 7) is 5.61. The van der Waals surface area contributed by atoms with Crippen molar-refractivity contribution in [3.8, 4) is 11.8 Å². The number of aryl methyl sites for hydroxylation is 2. The van der Waals surface area contributed by atoms with Crippen molar-refractivity contribution in [2.75, 3.05) is 5.75 Å². The zero-order chi connectivity index (χ0) is 11.3. The van der Waals surface area contributed by atoms with Crippen LogP contribution in [-0.4, -0.2) is 15.9 Å². The standard InChI is InChI=1S/C11H13NOS2/c1-8-9(2)15-11(12-8)6-4-5-7-14-10(3)13/h5,7H2,1-3H3. The van der Waals surface area contributed by atoms with E-state index in [1.807, 2.05) is 13.8 Å². The molecule has 4 heteroatoms. The zero-order valence-corrected chi connectivity index (χ0v) is 10.7. The predicted octanol–water partition coefficient (Wildman–Crippen LogP) is 2.78. The van der Waals surface area contributed by atoms with E-state index in [-0.39, 0.29) is 5.12 Å². The second-order valence-corrected chi connectivity index (χ2v) is 5.53. The molecule has 0 saturated carbocycles. The van der Waals surface area contributed by atoms with Crippen molar-refractivity contribution >= 4 is 28.2 Å². The minimum absolute atomic E-state index is 0.151. The molecule has 15 heavy (non-hydrogen) atoms. The van der Waals surface area contributed by atoms with E-state index >= 15 is 0 Å². The Morgan fingerprint density at radius 1 is 1.53 bits per heavy atom. The third kappa shape index (κ3) is 4.50. The van der Waals surface area contributed by atoms with E-state index in [1.54, 1.807) is 18.3 Å². The Balaban J connectivity index is 2.41. The average Bonchev–Trinajstić information content (AvgIpc) is 2.45. The SMILES string of the molecule is CC(=O)SCCC#Cc1nc(C)c(C)s1. The largest absolute Gasteiger partial charge is 0.288 e. The molecule has 2 nitrogen and oxygen atoms in total. The Hall–Kier alpha value is -0.790. The van der Waals surface area contributed by atoms with Crippen molar-refractivity contribution in [2.24, 2.45) is 0 Å².